The summed E-state index contributed by atoms with van der Waals surface area (Å²) in [4.78, 5) is 16.8. The highest BCUT2D eigenvalue weighted by Crippen LogP contribution is 2.30. The Morgan fingerprint density at radius 3 is 2.62 bits per heavy atom. The van der Waals surface area contributed by atoms with Crippen LogP contribution in [0.25, 0.3) is 33.7 Å². The van der Waals surface area contributed by atoms with E-state index in [9.17, 15) is 5.11 Å². The first-order valence-electron chi connectivity index (χ1n) is 10.3. The van der Waals surface area contributed by atoms with Crippen LogP contribution in [0, 0.1) is 0 Å². The van der Waals surface area contributed by atoms with Gasteiger partial charge in [0.1, 0.15) is 24.1 Å². The van der Waals surface area contributed by atoms with Crippen LogP contribution in [0.4, 0.5) is 0 Å². The quantitative estimate of drug-likeness (QED) is 0.492. The van der Waals surface area contributed by atoms with E-state index in [1.807, 2.05) is 36.4 Å². The average molecular weight is 451 g/mol. The molecule has 0 radical (unpaired) electrons. The van der Waals surface area contributed by atoms with E-state index in [0.717, 1.165) is 33.7 Å². The molecule has 5 heterocycles. The van der Waals surface area contributed by atoms with Gasteiger partial charge in [0.25, 0.3) is 0 Å². The van der Waals surface area contributed by atoms with Crippen molar-refractivity contribution in [3.63, 3.8) is 0 Å². The van der Waals surface area contributed by atoms with Crippen LogP contribution < -0.4 is 4.74 Å². The third-order valence-corrected chi connectivity index (χ3v) is 6.00. The maximum Gasteiger partial charge on any atom is 0.213 e. The predicted molar refractivity (Wildman–Crippen MR) is 117 cm³/mol. The van der Waals surface area contributed by atoms with Crippen molar-refractivity contribution in [1.29, 1.82) is 0 Å². The largest absolute Gasteiger partial charge is 0.469 e. The van der Waals surface area contributed by atoms with Gasteiger partial charge < -0.3 is 24.3 Å². The smallest absolute Gasteiger partial charge is 0.213 e. The third kappa shape index (κ3) is 3.51. The van der Waals surface area contributed by atoms with Crippen molar-refractivity contribution in [2.45, 2.75) is 24.4 Å². The fraction of sp³-hybridized carbons (Fsp3) is 0.261. The number of rotatable bonds is 4. The fourth-order valence-corrected chi connectivity index (χ4v) is 4.29. The van der Waals surface area contributed by atoms with Gasteiger partial charge in [-0.1, -0.05) is 11.6 Å². The van der Waals surface area contributed by atoms with Crippen LogP contribution in [0.3, 0.4) is 0 Å². The second kappa shape index (κ2) is 7.83. The number of halogens is 1. The van der Waals surface area contributed by atoms with E-state index >= 15 is 0 Å². The molecule has 2 fully saturated rings. The molecule has 32 heavy (non-hydrogen) atoms. The van der Waals surface area contributed by atoms with Gasteiger partial charge in [0.05, 0.1) is 29.9 Å². The summed E-state index contributed by atoms with van der Waals surface area (Å²) in [5, 5.41) is 10.5. The van der Waals surface area contributed by atoms with Crippen molar-refractivity contribution in [2.24, 2.45) is 0 Å². The monoisotopic (exact) mass is 450 g/mol. The molecule has 0 spiro atoms. The van der Waals surface area contributed by atoms with Crippen molar-refractivity contribution < 1.29 is 19.3 Å². The highest BCUT2D eigenvalue weighted by Gasteiger charge is 2.48. The summed E-state index contributed by atoms with van der Waals surface area (Å²) < 4.78 is 17.1. The number of hydrogen-bond donors (Lipinski definition) is 2. The number of aliphatic hydroxyl groups excluding tert-OH is 1. The van der Waals surface area contributed by atoms with E-state index < -0.39 is 6.10 Å². The maximum atomic E-state index is 9.85. The van der Waals surface area contributed by atoms with Gasteiger partial charge in [0.2, 0.25) is 5.88 Å². The number of nitrogens with one attached hydrogen (secondary N) is 1. The van der Waals surface area contributed by atoms with Gasteiger partial charge in [-0.25, -0.2) is 9.97 Å². The Balaban J connectivity index is 1.17. The average Bonchev–Trinajstić information content (AvgIpc) is 3.51. The van der Waals surface area contributed by atoms with Crippen LogP contribution in [0.1, 0.15) is 0 Å². The fourth-order valence-electron chi connectivity index (χ4n) is 4.12. The van der Waals surface area contributed by atoms with E-state index in [1.54, 1.807) is 18.5 Å². The molecule has 2 aliphatic rings. The molecule has 4 atom stereocenters. The molecule has 3 aromatic heterocycles. The molecule has 2 N–H and O–H groups in total. The summed E-state index contributed by atoms with van der Waals surface area (Å²) in [6.45, 7) is 0.637. The molecule has 0 amide bonds. The first-order valence-corrected chi connectivity index (χ1v) is 10.7. The number of aromatic nitrogens is 4. The summed E-state index contributed by atoms with van der Waals surface area (Å²) in [7, 11) is 0. The standard InChI is InChI=1S/C23H19ClN4O4/c24-14-3-5-16-17(7-14)28-23(27-16)13-1-4-15(25-9-13)12-2-6-20(26-8-12)32-19-11-31-21-18(29)10-30-22(19)21/h1-9,18-19,21-22,29H,10-11H2,(H,27,28)/t18-,19+,21+,22+/m0/s1. The summed E-state index contributed by atoms with van der Waals surface area (Å²) in [6.07, 6.45) is 2.01. The number of fused-ring (bicyclic) bond motifs is 2. The van der Waals surface area contributed by atoms with Gasteiger partial charge in [-0.15, -0.1) is 0 Å². The van der Waals surface area contributed by atoms with Crippen LogP contribution in [0.15, 0.2) is 54.9 Å². The summed E-state index contributed by atoms with van der Waals surface area (Å²) in [6, 6.07) is 13.2. The Bertz CT molecular complexity index is 1260. The van der Waals surface area contributed by atoms with E-state index in [1.165, 1.54) is 0 Å². The number of aromatic amines is 1. The second-order valence-corrected chi connectivity index (χ2v) is 8.32. The molecule has 1 aromatic carbocycles. The Hall–Kier alpha value is -3.04. The van der Waals surface area contributed by atoms with Crippen LogP contribution in [-0.4, -0.2) is 62.7 Å². The van der Waals surface area contributed by atoms with Gasteiger partial charge in [-0.3, -0.25) is 4.98 Å². The molecule has 0 unspecified atom stereocenters. The van der Waals surface area contributed by atoms with Crippen molar-refractivity contribution in [1.82, 2.24) is 19.9 Å². The zero-order chi connectivity index (χ0) is 21.7. The molecule has 4 aromatic rings. The molecule has 0 saturated carbocycles. The van der Waals surface area contributed by atoms with Crippen molar-refractivity contribution in [3.05, 3.63) is 59.9 Å². The van der Waals surface area contributed by atoms with Gasteiger partial charge in [0, 0.05) is 34.6 Å². The number of imidazole rings is 1. The number of hydrogen-bond acceptors (Lipinski definition) is 7. The number of benzene rings is 1. The SMILES string of the molecule is O[C@H]1CO[C@H]2[C@@H]1OC[C@H]2Oc1ccc(-c2ccc(-c3nc4cc(Cl)ccc4[nH]3)cn2)cn1. The Labute approximate surface area is 188 Å². The van der Waals surface area contributed by atoms with Gasteiger partial charge >= 0.3 is 0 Å². The minimum atomic E-state index is -0.602. The molecular formula is C23H19ClN4O4. The van der Waals surface area contributed by atoms with E-state index in [2.05, 4.69) is 19.9 Å². The number of pyridine rings is 2. The predicted octanol–water partition coefficient (Wildman–Crippen LogP) is 3.25. The molecule has 0 bridgehead atoms. The van der Waals surface area contributed by atoms with Gasteiger partial charge in [-0.05, 0) is 36.4 Å². The van der Waals surface area contributed by atoms with E-state index in [0.29, 0.717) is 17.5 Å². The van der Waals surface area contributed by atoms with Crippen LogP contribution in [0.5, 0.6) is 5.88 Å². The number of aliphatic hydroxyl groups is 1. The highest BCUT2D eigenvalue weighted by molar-refractivity contribution is 6.31. The molecule has 2 saturated heterocycles. The summed E-state index contributed by atoms with van der Waals surface area (Å²) in [5.41, 5.74) is 4.27. The van der Waals surface area contributed by atoms with E-state index in [4.69, 9.17) is 25.8 Å². The lowest BCUT2D eigenvalue weighted by molar-refractivity contribution is 0.00780. The van der Waals surface area contributed by atoms with Gasteiger partial charge in [0.15, 0.2) is 6.10 Å². The molecular weight excluding hydrogens is 432 g/mol. The maximum absolute atomic E-state index is 9.85. The molecule has 6 rings (SSSR count). The Morgan fingerprint density at radius 2 is 1.81 bits per heavy atom. The lowest BCUT2D eigenvalue weighted by Gasteiger charge is -2.17. The zero-order valence-electron chi connectivity index (χ0n) is 16.8. The number of ether oxygens (including phenoxy) is 3. The summed E-state index contributed by atoms with van der Waals surface area (Å²) in [5.74, 6) is 1.21. The minimum absolute atomic E-state index is 0.269. The van der Waals surface area contributed by atoms with Crippen LogP contribution >= 0.6 is 11.6 Å². The first-order chi connectivity index (χ1) is 15.6. The van der Waals surface area contributed by atoms with Crippen molar-refractivity contribution in [3.8, 4) is 28.5 Å². The highest BCUT2D eigenvalue weighted by atomic mass is 35.5. The van der Waals surface area contributed by atoms with Crippen molar-refractivity contribution in [2.75, 3.05) is 13.2 Å². The third-order valence-electron chi connectivity index (χ3n) is 5.77. The minimum Gasteiger partial charge on any atom is -0.469 e. The lowest BCUT2D eigenvalue weighted by atomic mass is 10.1. The van der Waals surface area contributed by atoms with Gasteiger partial charge in [-0.2, -0.15) is 0 Å². The first kappa shape index (κ1) is 19.6. The second-order valence-electron chi connectivity index (χ2n) is 7.88. The number of nitrogens with zero attached hydrogens (tertiary/aromatic N) is 3. The molecule has 9 heteroatoms. The van der Waals surface area contributed by atoms with Crippen LogP contribution in [0.2, 0.25) is 5.02 Å². The Kier molecular flexibility index (Phi) is 4.80. The zero-order valence-corrected chi connectivity index (χ0v) is 17.6. The number of H-pyrrole nitrogens is 1. The molecule has 8 nitrogen and oxygen atoms in total. The lowest BCUT2D eigenvalue weighted by Crippen LogP contribution is -2.34. The molecule has 2 aliphatic heterocycles. The normalized spacial score (nSPS) is 24.7. The van der Waals surface area contributed by atoms with E-state index in [-0.39, 0.29) is 24.9 Å². The van der Waals surface area contributed by atoms with Crippen molar-refractivity contribution >= 4 is 22.6 Å². The summed E-state index contributed by atoms with van der Waals surface area (Å²) >= 11 is 6.05. The molecule has 0 aliphatic carbocycles. The Morgan fingerprint density at radius 1 is 0.969 bits per heavy atom. The topological polar surface area (TPSA) is 102 Å². The molecule has 162 valence electrons. The van der Waals surface area contributed by atoms with Crippen LogP contribution in [-0.2, 0) is 9.47 Å².